The minimum Gasteiger partial charge on any atom is -0.461 e. The number of rotatable bonds is 5. The van der Waals surface area contributed by atoms with Gasteiger partial charge in [-0.15, -0.1) is 0 Å². The third kappa shape index (κ3) is 7.65. The highest BCUT2D eigenvalue weighted by molar-refractivity contribution is 6.05. The van der Waals surface area contributed by atoms with Gasteiger partial charge in [0.15, 0.2) is 0 Å². The number of ether oxygens (including phenoxy) is 3. The highest BCUT2D eigenvalue weighted by atomic mass is 16.6. The molecular formula is C22H33NO7. The van der Waals surface area contributed by atoms with Crippen LogP contribution in [0.15, 0.2) is 22.8 Å². The molecule has 8 heteroatoms. The summed E-state index contributed by atoms with van der Waals surface area (Å²) in [5, 5.41) is 2.75. The largest absolute Gasteiger partial charge is 0.461 e. The highest BCUT2D eigenvalue weighted by Gasteiger charge is 2.39. The molecule has 0 saturated heterocycles. The second-order valence-corrected chi connectivity index (χ2v) is 9.28. The Balaban J connectivity index is 3.62. The van der Waals surface area contributed by atoms with Crippen LogP contribution in [0.2, 0.25) is 0 Å². The summed E-state index contributed by atoms with van der Waals surface area (Å²) in [5.41, 5.74) is -1.27. The van der Waals surface area contributed by atoms with Crippen molar-refractivity contribution < 1.29 is 33.4 Å². The van der Waals surface area contributed by atoms with Gasteiger partial charge in [-0.2, -0.15) is 0 Å². The van der Waals surface area contributed by atoms with Crippen LogP contribution >= 0.6 is 0 Å². The smallest absolute Gasteiger partial charge is 0.339 e. The number of hydrogen-bond donors (Lipinski definition) is 1. The van der Waals surface area contributed by atoms with Gasteiger partial charge in [-0.1, -0.05) is 13.0 Å². The Morgan fingerprint density at radius 2 is 1.43 bits per heavy atom. The molecule has 0 spiro atoms. The number of carbonyl (C=O) groups excluding carboxylic acids is 4. The molecule has 0 fully saturated rings. The van der Waals surface area contributed by atoms with E-state index in [1.165, 1.54) is 13.8 Å². The monoisotopic (exact) mass is 423 g/mol. The van der Waals surface area contributed by atoms with Crippen molar-refractivity contribution in [3.63, 3.8) is 0 Å². The van der Waals surface area contributed by atoms with E-state index in [1.807, 2.05) is 0 Å². The molecule has 1 N–H and O–H groups in total. The zero-order valence-electron chi connectivity index (χ0n) is 19.3. The Labute approximate surface area is 178 Å². The van der Waals surface area contributed by atoms with Crippen LogP contribution in [0.3, 0.4) is 0 Å². The fraction of sp³-hybridized carbons (Fsp3) is 0.636. The van der Waals surface area contributed by atoms with Gasteiger partial charge in [-0.05, 0) is 41.5 Å². The van der Waals surface area contributed by atoms with Crippen molar-refractivity contribution in [2.45, 2.75) is 79.6 Å². The number of esters is 3. The molecule has 0 unspecified atom stereocenters. The summed E-state index contributed by atoms with van der Waals surface area (Å²) in [6.07, 6.45) is 1.61. The van der Waals surface area contributed by atoms with Crippen LogP contribution in [0, 0.1) is 5.92 Å². The molecule has 1 amide bonds. The Morgan fingerprint density at radius 1 is 0.933 bits per heavy atom. The van der Waals surface area contributed by atoms with Gasteiger partial charge in [0.05, 0.1) is 17.2 Å². The first-order valence-electron chi connectivity index (χ1n) is 9.84. The van der Waals surface area contributed by atoms with Crippen LogP contribution in [-0.2, 0) is 33.4 Å². The van der Waals surface area contributed by atoms with Crippen molar-refractivity contribution in [1.29, 1.82) is 0 Å². The van der Waals surface area contributed by atoms with E-state index in [9.17, 15) is 19.2 Å². The van der Waals surface area contributed by atoms with Crippen LogP contribution in [0.4, 0.5) is 0 Å². The summed E-state index contributed by atoms with van der Waals surface area (Å²) < 4.78 is 16.1. The maximum atomic E-state index is 13.1. The van der Waals surface area contributed by atoms with Crippen LogP contribution in [0.25, 0.3) is 0 Å². The summed E-state index contributed by atoms with van der Waals surface area (Å²) in [5.74, 6) is -2.85. The first kappa shape index (κ1) is 25.4. The van der Waals surface area contributed by atoms with Crippen LogP contribution in [0.5, 0.6) is 0 Å². The number of hydrogen-bond acceptors (Lipinski definition) is 7. The summed E-state index contributed by atoms with van der Waals surface area (Å²) in [6, 6.07) is -0.596. The van der Waals surface area contributed by atoms with Crippen molar-refractivity contribution in [1.82, 2.24) is 5.32 Å². The molecule has 0 aromatic rings. The molecule has 1 aliphatic rings. The van der Waals surface area contributed by atoms with Crippen molar-refractivity contribution in [2.24, 2.45) is 5.92 Å². The van der Waals surface area contributed by atoms with Gasteiger partial charge in [-0.3, -0.25) is 9.59 Å². The van der Waals surface area contributed by atoms with Gasteiger partial charge in [0.1, 0.15) is 17.8 Å². The predicted molar refractivity (Wildman–Crippen MR) is 110 cm³/mol. The molecule has 0 bridgehead atoms. The standard InChI is InChI=1S/C22H33NO7/c1-12-16(23-13(2)24)10-15(11-28-14(3)25)18(20(27)30-22(7,8)9)17(12)19(26)29-21(4,5)6/h10,12,16H,11H2,1-9H3,(H,23,24)/t12-,16-/m0/s1. The average Bonchev–Trinajstić information content (AvgIpc) is 2.50. The lowest BCUT2D eigenvalue weighted by molar-refractivity contribution is -0.154. The van der Waals surface area contributed by atoms with E-state index in [-0.39, 0.29) is 29.2 Å². The number of carbonyl (C=O) groups is 4. The molecule has 1 aliphatic carbocycles. The van der Waals surface area contributed by atoms with Gasteiger partial charge >= 0.3 is 17.9 Å². The topological polar surface area (TPSA) is 108 Å². The molecule has 2 atom stereocenters. The van der Waals surface area contributed by atoms with Gasteiger partial charge in [0.2, 0.25) is 5.91 Å². The van der Waals surface area contributed by atoms with Crippen molar-refractivity contribution >= 4 is 23.8 Å². The van der Waals surface area contributed by atoms with Gasteiger partial charge in [0.25, 0.3) is 0 Å². The van der Waals surface area contributed by atoms with E-state index in [0.29, 0.717) is 0 Å². The minimum absolute atomic E-state index is 0.00507. The average molecular weight is 424 g/mol. The van der Waals surface area contributed by atoms with E-state index in [2.05, 4.69) is 5.32 Å². The maximum Gasteiger partial charge on any atom is 0.339 e. The lowest BCUT2D eigenvalue weighted by atomic mass is 9.80. The van der Waals surface area contributed by atoms with E-state index >= 15 is 0 Å². The van der Waals surface area contributed by atoms with E-state index in [4.69, 9.17) is 14.2 Å². The molecule has 0 heterocycles. The lowest BCUT2D eigenvalue weighted by Crippen LogP contribution is -2.43. The van der Waals surface area contributed by atoms with E-state index < -0.39 is 41.1 Å². The Hall–Kier alpha value is -2.64. The Kier molecular flexibility index (Phi) is 8.00. The second kappa shape index (κ2) is 9.45. The van der Waals surface area contributed by atoms with E-state index in [0.717, 1.165) is 0 Å². The fourth-order valence-corrected chi connectivity index (χ4v) is 2.92. The first-order chi connectivity index (χ1) is 13.5. The molecule has 0 radical (unpaired) electrons. The Morgan fingerprint density at radius 3 is 1.87 bits per heavy atom. The number of amides is 1. The molecule has 1 rings (SSSR count). The molecule has 0 saturated carbocycles. The predicted octanol–water partition coefficient (Wildman–Crippen LogP) is 2.61. The molecule has 168 valence electrons. The normalized spacial score (nSPS) is 19.6. The van der Waals surface area contributed by atoms with Crippen LogP contribution in [-0.4, -0.2) is 47.7 Å². The van der Waals surface area contributed by atoms with Gasteiger partial charge < -0.3 is 19.5 Å². The van der Waals surface area contributed by atoms with Crippen molar-refractivity contribution in [3.05, 3.63) is 22.8 Å². The molecule has 0 aromatic carbocycles. The highest BCUT2D eigenvalue weighted by Crippen LogP contribution is 2.34. The maximum absolute atomic E-state index is 13.1. The summed E-state index contributed by atoms with van der Waals surface area (Å²) in [6.45, 7) is 14.3. The summed E-state index contributed by atoms with van der Waals surface area (Å²) in [4.78, 5) is 49.2. The summed E-state index contributed by atoms with van der Waals surface area (Å²) >= 11 is 0. The second-order valence-electron chi connectivity index (χ2n) is 9.28. The fourth-order valence-electron chi connectivity index (χ4n) is 2.92. The van der Waals surface area contributed by atoms with Crippen LogP contribution in [0.1, 0.15) is 62.3 Å². The van der Waals surface area contributed by atoms with Gasteiger partial charge in [0, 0.05) is 25.3 Å². The SMILES string of the molecule is CC(=O)N[C@H]1C=C(COC(C)=O)C(C(=O)OC(C)(C)C)=C(C(=O)OC(C)(C)C)[C@H]1C. The zero-order valence-corrected chi connectivity index (χ0v) is 19.3. The zero-order chi connectivity index (χ0) is 23.4. The molecule has 0 aliphatic heterocycles. The molecular weight excluding hydrogens is 390 g/mol. The van der Waals surface area contributed by atoms with Gasteiger partial charge in [-0.25, -0.2) is 9.59 Å². The van der Waals surface area contributed by atoms with Crippen LogP contribution < -0.4 is 5.32 Å². The Bertz CT molecular complexity index is 778. The minimum atomic E-state index is -0.812. The quantitative estimate of drug-likeness (QED) is 0.535. The molecule has 8 nitrogen and oxygen atoms in total. The van der Waals surface area contributed by atoms with Crippen molar-refractivity contribution in [2.75, 3.05) is 6.61 Å². The van der Waals surface area contributed by atoms with E-state index in [1.54, 1.807) is 54.5 Å². The third-order valence-electron chi connectivity index (χ3n) is 3.99. The lowest BCUT2D eigenvalue weighted by Gasteiger charge is -2.33. The summed E-state index contributed by atoms with van der Waals surface area (Å²) in [7, 11) is 0. The first-order valence-corrected chi connectivity index (χ1v) is 9.84. The molecule has 30 heavy (non-hydrogen) atoms. The molecule has 0 aromatic heterocycles. The number of nitrogens with one attached hydrogen (secondary N) is 1. The third-order valence-corrected chi connectivity index (χ3v) is 3.99. The van der Waals surface area contributed by atoms with Crippen molar-refractivity contribution in [3.8, 4) is 0 Å².